The number of hydrogen-bond acceptors (Lipinski definition) is 3. The minimum atomic E-state index is -0.255. The monoisotopic (exact) mass is 426 g/mol. The van der Waals surface area contributed by atoms with Crippen molar-refractivity contribution in [2.24, 2.45) is 35.5 Å². The Balaban J connectivity index is 1.36. The molecule has 3 fully saturated rings. The fourth-order valence-electron chi connectivity index (χ4n) is 6.41. The molecular weight excluding hydrogens is 400 g/mol. The predicted octanol–water partition coefficient (Wildman–Crippen LogP) is 3.96. The third kappa shape index (κ3) is 2.80. The predicted molar refractivity (Wildman–Crippen MR) is 121 cm³/mol. The van der Waals surface area contributed by atoms with E-state index in [0.29, 0.717) is 23.1 Å². The zero-order valence-corrected chi connectivity index (χ0v) is 18.3. The molecule has 1 aliphatic heterocycles. The smallest absolute Gasteiger partial charge is 0.259 e. The van der Waals surface area contributed by atoms with Gasteiger partial charge in [-0.05, 0) is 79.3 Å². The number of benzene rings is 2. The number of hydrogen-bond donors (Lipinski definition) is 0. The maximum atomic E-state index is 13.5. The number of nitrogens with zero attached hydrogens (tertiary/aromatic N) is 2. The van der Waals surface area contributed by atoms with Gasteiger partial charge in [0.2, 0.25) is 11.8 Å². The van der Waals surface area contributed by atoms with Crippen molar-refractivity contribution >= 4 is 23.4 Å². The lowest BCUT2D eigenvalue weighted by Gasteiger charge is -2.37. The molecule has 0 spiro atoms. The van der Waals surface area contributed by atoms with Gasteiger partial charge in [0.15, 0.2) is 0 Å². The molecule has 0 unspecified atom stereocenters. The fraction of sp³-hybridized carbons (Fsp3) is 0.370. The number of carbonyl (C=O) groups is 3. The first-order chi connectivity index (χ1) is 15.4. The molecule has 5 heteroatoms. The number of likely N-dealkylation sites (tertiary alicyclic amines) is 1. The van der Waals surface area contributed by atoms with Crippen LogP contribution in [0.1, 0.15) is 27.9 Å². The molecule has 7 rings (SSSR count). The summed E-state index contributed by atoms with van der Waals surface area (Å²) in [5.41, 5.74) is 3.30. The highest BCUT2D eigenvalue weighted by atomic mass is 16.2. The van der Waals surface area contributed by atoms with E-state index < -0.39 is 0 Å². The van der Waals surface area contributed by atoms with Crippen LogP contribution in [0.3, 0.4) is 0 Å². The molecule has 32 heavy (non-hydrogen) atoms. The van der Waals surface area contributed by atoms with Crippen LogP contribution in [0, 0.1) is 49.4 Å². The van der Waals surface area contributed by atoms with Gasteiger partial charge in [-0.3, -0.25) is 24.2 Å². The standard InChI is InChI=1S/C27H26N2O3/c1-15-10-16(2)12-18(11-15)28(25(30)17-6-4-3-5-7-17)14-29-26(31)23-19-8-9-20(22-13-21(19)22)24(23)27(29)32/h3-12,19-24H,13-14H2,1-2H3/t19-,20-,21-,22+,23-,24+/m1/s1. The van der Waals surface area contributed by atoms with Crippen molar-refractivity contribution in [3.63, 3.8) is 0 Å². The lowest BCUT2D eigenvalue weighted by Crippen LogP contribution is -2.45. The first kappa shape index (κ1) is 19.5. The maximum absolute atomic E-state index is 13.5. The molecule has 5 nitrogen and oxygen atoms in total. The van der Waals surface area contributed by atoms with Crippen molar-refractivity contribution in [3.05, 3.63) is 77.4 Å². The lowest BCUT2D eigenvalue weighted by molar-refractivity contribution is -0.140. The molecule has 2 saturated carbocycles. The van der Waals surface area contributed by atoms with E-state index >= 15 is 0 Å². The van der Waals surface area contributed by atoms with Crippen LogP contribution in [-0.4, -0.2) is 29.3 Å². The van der Waals surface area contributed by atoms with Gasteiger partial charge in [0.25, 0.3) is 5.91 Å². The van der Waals surface area contributed by atoms with E-state index in [2.05, 4.69) is 12.2 Å². The second-order valence-corrected chi connectivity index (χ2v) is 9.85. The van der Waals surface area contributed by atoms with Gasteiger partial charge in [0.05, 0.1) is 11.8 Å². The van der Waals surface area contributed by atoms with Crippen LogP contribution in [0.15, 0.2) is 60.7 Å². The zero-order valence-electron chi connectivity index (χ0n) is 18.3. The van der Waals surface area contributed by atoms with Gasteiger partial charge in [-0.15, -0.1) is 0 Å². The van der Waals surface area contributed by atoms with Crippen LogP contribution in [-0.2, 0) is 9.59 Å². The highest BCUT2D eigenvalue weighted by Gasteiger charge is 2.67. The highest BCUT2D eigenvalue weighted by Crippen LogP contribution is 2.65. The number of amides is 3. The molecule has 5 aliphatic rings. The number of rotatable bonds is 4. The molecule has 3 amide bonds. The van der Waals surface area contributed by atoms with Crippen molar-refractivity contribution in [2.75, 3.05) is 11.6 Å². The average molecular weight is 427 g/mol. The summed E-state index contributed by atoms with van der Waals surface area (Å²) in [6.45, 7) is 3.92. The lowest BCUT2D eigenvalue weighted by atomic mass is 9.63. The molecule has 0 N–H and O–H groups in total. The van der Waals surface area contributed by atoms with Gasteiger partial charge in [-0.1, -0.05) is 36.4 Å². The second kappa shape index (κ2) is 6.89. The first-order valence-corrected chi connectivity index (χ1v) is 11.4. The molecule has 4 aliphatic carbocycles. The van der Waals surface area contributed by atoms with Crippen LogP contribution in [0.25, 0.3) is 0 Å². The Morgan fingerprint density at radius 2 is 1.47 bits per heavy atom. The normalized spacial score (nSPS) is 31.5. The summed E-state index contributed by atoms with van der Waals surface area (Å²) in [5.74, 6) is 0.527. The molecule has 0 radical (unpaired) electrons. The number of anilines is 1. The Hall–Kier alpha value is -3.21. The average Bonchev–Trinajstić information content (AvgIpc) is 3.57. The van der Waals surface area contributed by atoms with Gasteiger partial charge in [0, 0.05) is 11.3 Å². The summed E-state index contributed by atoms with van der Waals surface area (Å²) in [4.78, 5) is 43.5. The molecule has 0 aromatic heterocycles. The number of carbonyl (C=O) groups excluding carboxylic acids is 3. The quantitative estimate of drug-likeness (QED) is 0.549. The van der Waals surface area contributed by atoms with Gasteiger partial charge in [-0.25, -0.2) is 0 Å². The Morgan fingerprint density at radius 1 is 0.906 bits per heavy atom. The molecule has 2 aromatic rings. The van der Waals surface area contributed by atoms with Crippen LogP contribution >= 0.6 is 0 Å². The Labute approximate surface area is 187 Å². The number of allylic oxidation sites excluding steroid dienone is 2. The largest absolute Gasteiger partial charge is 0.290 e. The minimum Gasteiger partial charge on any atom is -0.290 e. The summed E-state index contributed by atoms with van der Waals surface area (Å²) in [6.07, 6.45) is 5.48. The first-order valence-electron chi connectivity index (χ1n) is 11.4. The minimum absolute atomic E-state index is 0.0456. The van der Waals surface area contributed by atoms with Gasteiger partial charge < -0.3 is 0 Å². The second-order valence-electron chi connectivity index (χ2n) is 9.85. The van der Waals surface area contributed by atoms with Crippen LogP contribution < -0.4 is 4.90 Å². The Morgan fingerprint density at radius 3 is 2.03 bits per heavy atom. The molecule has 1 saturated heterocycles. The van der Waals surface area contributed by atoms with Crippen molar-refractivity contribution in [3.8, 4) is 0 Å². The van der Waals surface area contributed by atoms with E-state index in [4.69, 9.17) is 0 Å². The Bertz CT molecular complexity index is 1110. The molecule has 162 valence electrons. The van der Waals surface area contributed by atoms with E-state index in [-0.39, 0.29) is 48.1 Å². The zero-order chi connectivity index (χ0) is 22.1. The summed E-state index contributed by atoms with van der Waals surface area (Å²) < 4.78 is 0. The van der Waals surface area contributed by atoms with Crippen molar-refractivity contribution in [1.29, 1.82) is 0 Å². The topological polar surface area (TPSA) is 57.7 Å². The third-order valence-corrected chi connectivity index (χ3v) is 7.82. The fourth-order valence-corrected chi connectivity index (χ4v) is 6.41. The summed E-state index contributed by atoms with van der Waals surface area (Å²) in [7, 11) is 0. The SMILES string of the molecule is Cc1cc(C)cc(N(CN2C(=O)[C@@H]3[C@@H]4C=C[C@H]([C@@H]5C[C@H]45)[C@@H]3C2=O)C(=O)c2ccccc2)c1. The van der Waals surface area contributed by atoms with Crippen molar-refractivity contribution < 1.29 is 14.4 Å². The van der Waals surface area contributed by atoms with E-state index in [1.807, 2.05) is 50.2 Å². The number of imide groups is 1. The molecule has 2 bridgehead atoms. The van der Waals surface area contributed by atoms with Gasteiger partial charge >= 0.3 is 0 Å². The van der Waals surface area contributed by atoms with Gasteiger partial charge in [-0.2, -0.15) is 0 Å². The maximum Gasteiger partial charge on any atom is 0.259 e. The van der Waals surface area contributed by atoms with Crippen LogP contribution in [0.4, 0.5) is 5.69 Å². The van der Waals surface area contributed by atoms with Crippen LogP contribution in [0.2, 0.25) is 0 Å². The third-order valence-electron chi connectivity index (χ3n) is 7.82. The summed E-state index contributed by atoms with van der Waals surface area (Å²) >= 11 is 0. The van der Waals surface area contributed by atoms with Crippen molar-refractivity contribution in [1.82, 2.24) is 4.90 Å². The van der Waals surface area contributed by atoms with E-state index in [9.17, 15) is 14.4 Å². The van der Waals surface area contributed by atoms with Crippen molar-refractivity contribution in [2.45, 2.75) is 20.3 Å². The molecule has 2 aromatic carbocycles. The van der Waals surface area contributed by atoms with Gasteiger partial charge in [0.1, 0.15) is 6.67 Å². The Kier molecular flexibility index (Phi) is 4.19. The molecule has 1 heterocycles. The summed E-state index contributed by atoms with van der Waals surface area (Å²) in [6, 6.07) is 15.0. The molecular formula is C27H26N2O3. The van der Waals surface area contributed by atoms with E-state index in [1.165, 1.54) is 4.90 Å². The van der Waals surface area contributed by atoms with E-state index in [1.54, 1.807) is 17.0 Å². The number of aryl methyl sites for hydroxylation is 2. The van der Waals surface area contributed by atoms with E-state index in [0.717, 1.165) is 17.5 Å². The summed E-state index contributed by atoms with van der Waals surface area (Å²) in [5, 5.41) is 0. The highest BCUT2D eigenvalue weighted by molar-refractivity contribution is 6.10. The molecule has 6 atom stereocenters. The van der Waals surface area contributed by atoms with Crippen LogP contribution in [0.5, 0.6) is 0 Å².